The summed E-state index contributed by atoms with van der Waals surface area (Å²) >= 11 is 0. The smallest absolute Gasteiger partial charge is 0.272 e. The van der Waals surface area contributed by atoms with E-state index in [0.717, 1.165) is 16.8 Å². The maximum Gasteiger partial charge on any atom is 0.272 e. The molecule has 0 saturated heterocycles. The van der Waals surface area contributed by atoms with Crippen molar-refractivity contribution >= 4 is 5.78 Å². The molecule has 0 N–H and O–H groups in total. The molecule has 4 rings (SSSR count). The van der Waals surface area contributed by atoms with E-state index in [2.05, 4.69) is 20.3 Å². The van der Waals surface area contributed by atoms with Crippen LogP contribution in [0.25, 0.3) is 28.4 Å². The molecule has 0 spiro atoms. The summed E-state index contributed by atoms with van der Waals surface area (Å²) < 4.78 is 12.3. The Morgan fingerprint density at radius 2 is 1.76 bits per heavy atom. The Morgan fingerprint density at radius 1 is 0.920 bits per heavy atom. The molecule has 7 heteroatoms. The fourth-order valence-electron chi connectivity index (χ4n) is 2.60. The largest absolute Gasteiger partial charge is 0.497 e. The number of aromatic nitrogens is 5. The Morgan fingerprint density at radius 3 is 2.52 bits per heavy atom. The fraction of sp³-hybridized carbons (Fsp3) is 0.111. The van der Waals surface area contributed by atoms with E-state index in [9.17, 15) is 0 Å². The molecule has 2 aromatic carbocycles. The highest BCUT2D eigenvalue weighted by Gasteiger charge is 2.16. The Labute approximate surface area is 143 Å². The zero-order chi connectivity index (χ0) is 17.2. The molecule has 0 unspecified atom stereocenters. The van der Waals surface area contributed by atoms with E-state index < -0.39 is 0 Å². The zero-order valence-electron chi connectivity index (χ0n) is 13.7. The van der Waals surface area contributed by atoms with E-state index in [4.69, 9.17) is 9.47 Å². The van der Waals surface area contributed by atoms with Gasteiger partial charge in [0.15, 0.2) is 5.82 Å². The third kappa shape index (κ3) is 2.65. The average Bonchev–Trinajstić information content (AvgIpc) is 3.11. The molecular weight excluding hydrogens is 318 g/mol. The number of ether oxygens (including phenoxy) is 2. The first kappa shape index (κ1) is 15.1. The molecule has 0 atom stereocenters. The van der Waals surface area contributed by atoms with Crippen LogP contribution >= 0.6 is 0 Å². The van der Waals surface area contributed by atoms with E-state index in [0.29, 0.717) is 23.1 Å². The summed E-state index contributed by atoms with van der Waals surface area (Å²) in [6.45, 7) is 0. The molecule has 0 amide bonds. The Balaban J connectivity index is 1.85. The second-order valence-corrected chi connectivity index (χ2v) is 5.31. The van der Waals surface area contributed by atoms with Gasteiger partial charge in [0.05, 0.1) is 31.7 Å². The monoisotopic (exact) mass is 333 g/mol. The number of methoxy groups -OCH3 is 2. The van der Waals surface area contributed by atoms with Crippen molar-refractivity contribution < 1.29 is 9.47 Å². The van der Waals surface area contributed by atoms with Crippen LogP contribution in [-0.2, 0) is 0 Å². The highest BCUT2D eigenvalue weighted by Crippen LogP contribution is 2.32. The number of hydrogen-bond acceptors (Lipinski definition) is 6. The van der Waals surface area contributed by atoms with Gasteiger partial charge >= 0.3 is 0 Å². The van der Waals surface area contributed by atoms with Gasteiger partial charge < -0.3 is 9.47 Å². The topological polar surface area (TPSA) is 74.4 Å². The number of benzene rings is 2. The molecule has 0 bridgehead atoms. The lowest BCUT2D eigenvalue weighted by Gasteiger charge is -2.08. The molecule has 0 saturated carbocycles. The van der Waals surface area contributed by atoms with Gasteiger partial charge in [-0.1, -0.05) is 30.3 Å². The third-order valence-electron chi connectivity index (χ3n) is 3.86. The molecule has 0 aliphatic carbocycles. The van der Waals surface area contributed by atoms with Crippen LogP contribution in [0, 0.1) is 0 Å². The first-order chi connectivity index (χ1) is 12.3. The zero-order valence-corrected chi connectivity index (χ0v) is 13.7. The predicted molar refractivity (Wildman–Crippen MR) is 92.6 cm³/mol. The highest BCUT2D eigenvalue weighted by atomic mass is 16.5. The van der Waals surface area contributed by atoms with E-state index >= 15 is 0 Å². The molecule has 0 aliphatic rings. The van der Waals surface area contributed by atoms with Crippen molar-refractivity contribution in [1.82, 2.24) is 24.8 Å². The lowest BCUT2D eigenvalue weighted by molar-refractivity contribution is 0.404. The molecule has 0 radical (unpaired) electrons. The van der Waals surface area contributed by atoms with Crippen molar-refractivity contribution in [1.29, 1.82) is 0 Å². The normalized spacial score (nSPS) is 10.8. The lowest BCUT2D eigenvalue weighted by Crippen LogP contribution is -2.00. The van der Waals surface area contributed by atoms with Crippen LogP contribution in [0.4, 0.5) is 0 Å². The minimum absolute atomic E-state index is 0.418. The van der Waals surface area contributed by atoms with E-state index in [1.165, 1.54) is 0 Å². The molecule has 2 heterocycles. The quantitative estimate of drug-likeness (QED) is 0.572. The molecule has 2 aromatic heterocycles. The van der Waals surface area contributed by atoms with Crippen LogP contribution in [0.2, 0.25) is 0 Å². The molecule has 0 fully saturated rings. The van der Waals surface area contributed by atoms with Crippen LogP contribution in [0.3, 0.4) is 0 Å². The molecule has 0 aliphatic heterocycles. The minimum Gasteiger partial charge on any atom is -0.497 e. The van der Waals surface area contributed by atoms with E-state index in [1.807, 2.05) is 48.5 Å². The molecule has 4 aromatic rings. The standard InChI is InChI=1S/C18H15N5O2/c1-24-13-8-9-16(25-2)14(10-13)17-21-22-18-20-15(11-19-23(17)18)12-6-4-3-5-7-12/h3-11H,1-2H3. The van der Waals surface area contributed by atoms with Gasteiger partial charge in [0.25, 0.3) is 5.78 Å². The first-order valence-corrected chi connectivity index (χ1v) is 7.66. The SMILES string of the molecule is COc1ccc(OC)c(-c2nnc3nc(-c4ccccc4)cnn23)c1. The van der Waals surface area contributed by atoms with Crippen molar-refractivity contribution in [2.24, 2.45) is 0 Å². The van der Waals surface area contributed by atoms with Crippen LogP contribution in [0.1, 0.15) is 0 Å². The summed E-state index contributed by atoms with van der Waals surface area (Å²) in [5.41, 5.74) is 2.45. The summed E-state index contributed by atoms with van der Waals surface area (Å²) in [5.74, 6) is 2.31. The summed E-state index contributed by atoms with van der Waals surface area (Å²) in [4.78, 5) is 4.54. The summed E-state index contributed by atoms with van der Waals surface area (Å²) in [5, 5.41) is 12.8. The number of rotatable bonds is 4. The van der Waals surface area contributed by atoms with Crippen molar-refractivity contribution in [2.45, 2.75) is 0 Å². The highest BCUT2D eigenvalue weighted by molar-refractivity contribution is 5.68. The van der Waals surface area contributed by atoms with Crippen molar-refractivity contribution in [2.75, 3.05) is 14.2 Å². The van der Waals surface area contributed by atoms with Crippen molar-refractivity contribution in [3.05, 3.63) is 54.7 Å². The third-order valence-corrected chi connectivity index (χ3v) is 3.86. The van der Waals surface area contributed by atoms with Gasteiger partial charge in [0.2, 0.25) is 0 Å². The van der Waals surface area contributed by atoms with Crippen LogP contribution < -0.4 is 9.47 Å². The van der Waals surface area contributed by atoms with Crippen LogP contribution in [0.5, 0.6) is 11.5 Å². The van der Waals surface area contributed by atoms with Gasteiger partial charge in [-0.05, 0) is 18.2 Å². The number of hydrogen-bond donors (Lipinski definition) is 0. The summed E-state index contributed by atoms with van der Waals surface area (Å²) in [6.07, 6.45) is 1.70. The maximum absolute atomic E-state index is 5.43. The molecule has 124 valence electrons. The summed E-state index contributed by atoms with van der Waals surface area (Å²) in [6, 6.07) is 15.3. The first-order valence-electron chi connectivity index (χ1n) is 7.66. The van der Waals surface area contributed by atoms with Gasteiger partial charge in [-0.2, -0.15) is 9.61 Å². The van der Waals surface area contributed by atoms with Crippen LogP contribution in [-0.4, -0.2) is 39.0 Å². The maximum atomic E-state index is 5.43. The number of nitrogens with zero attached hydrogens (tertiary/aromatic N) is 5. The Hall–Kier alpha value is -3.48. The molecular formula is C18H15N5O2. The van der Waals surface area contributed by atoms with Crippen molar-refractivity contribution in [3.8, 4) is 34.1 Å². The van der Waals surface area contributed by atoms with E-state index in [-0.39, 0.29) is 0 Å². The fourth-order valence-corrected chi connectivity index (χ4v) is 2.60. The van der Waals surface area contributed by atoms with Gasteiger partial charge in [0.1, 0.15) is 11.5 Å². The lowest BCUT2D eigenvalue weighted by atomic mass is 10.1. The second-order valence-electron chi connectivity index (χ2n) is 5.31. The van der Waals surface area contributed by atoms with Gasteiger partial charge in [-0.25, -0.2) is 4.98 Å². The molecule has 7 nitrogen and oxygen atoms in total. The van der Waals surface area contributed by atoms with E-state index in [1.54, 1.807) is 24.9 Å². The van der Waals surface area contributed by atoms with Crippen LogP contribution in [0.15, 0.2) is 54.7 Å². The second kappa shape index (κ2) is 6.20. The average molecular weight is 333 g/mol. The minimum atomic E-state index is 0.418. The summed E-state index contributed by atoms with van der Waals surface area (Å²) in [7, 11) is 3.22. The predicted octanol–water partition coefficient (Wildman–Crippen LogP) is 2.87. The van der Waals surface area contributed by atoms with Gasteiger partial charge in [-0.3, -0.25) is 0 Å². The Kier molecular flexibility index (Phi) is 3.74. The molecule has 25 heavy (non-hydrogen) atoms. The van der Waals surface area contributed by atoms with Gasteiger partial charge in [-0.15, -0.1) is 10.2 Å². The Bertz CT molecular complexity index is 1030. The van der Waals surface area contributed by atoms with Crippen molar-refractivity contribution in [3.63, 3.8) is 0 Å². The van der Waals surface area contributed by atoms with Gasteiger partial charge in [0, 0.05) is 5.56 Å². The number of fused-ring (bicyclic) bond motifs is 1.